The van der Waals surface area contributed by atoms with Gasteiger partial charge in [-0.15, -0.1) is 0 Å². The second-order valence-corrected chi connectivity index (χ2v) is 7.64. The SMILES string of the molecule is CC1C(=O)NC(C2CC2)C(=O)N1C1CCC(C)(C)CC1. The van der Waals surface area contributed by atoms with Crippen LogP contribution >= 0.6 is 0 Å². The van der Waals surface area contributed by atoms with Crippen LogP contribution in [0.4, 0.5) is 0 Å². The van der Waals surface area contributed by atoms with Crippen molar-refractivity contribution in [3.05, 3.63) is 0 Å². The molecule has 2 unspecified atom stereocenters. The second-order valence-electron chi connectivity index (χ2n) is 7.64. The molecule has 3 fully saturated rings. The van der Waals surface area contributed by atoms with Crippen molar-refractivity contribution in [1.29, 1.82) is 0 Å². The summed E-state index contributed by atoms with van der Waals surface area (Å²) in [6, 6.07) is -0.282. The van der Waals surface area contributed by atoms with E-state index >= 15 is 0 Å². The molecule has 4 nitrogen and oxygen atoms in total. The minimum atomic E-state index is -0.302. The van der Waals surface area contributed by atoms with Gasteiger partial charge in [-0.1, -0.05) is 13.8 Å². The highest BCUT2D eigenvalue weighted by Gasteiger charge is 2.48. The van der Waals surface area contributed by atoms with Crippen LogP contribution in [0.5, 0.6) is 0 Å². The predicted octanol–water partition coefficient (Wildman–Crippen LogP) is 2.08. The second kappa shape index (κ2) is 4.74. The maximum Gasteiger partial charge on any atom is 0.246 e. The molecular formula is C16H26N2O2. The molecule has 1 aliphatic heterocycles. The van der Waals surface area contributed by atoms with Gasteiger partial charge in [-0.2, -0.15) is 0 Å². The molecule has 0 radical (unpaired) electrons. The Balaban J connectivity index is 1.75. The molecule has 3 rings (SSSR count). The van der Waals surface area contributed by atoms with E-state index in [1.807, 2.05) is 11.8 Å². The third-order valence-corrected chi connectivity index (χ3v) is 5.41. The van der Waals surface area contributed by atoms with Crippen LogP contribution in [0.2, 0.25) is 0 Å². The van der Waals surface area contributed by atoms with E-state index in [9.17, 15) is 9.59 Å². The molecule has 0 bridgehead atoms. The summed E-state index contributed by atoms with van der Waals surface area (Å²) in [5, 5.41) is 2.93. The lowest BCUT2D eigenvalue weighted by molar-refractivity contribution is -0.153. The lowest BCUT2D eigenvalue weighted by atomic mass is 9.75. The van der Waals surface area contributed by atoms with Crippen molar-refractivity contribution in [2.75, 3.05) is 0 Å². The molecule has 0 aromatic rings. The monoisotopic (exact) mass is 278 g/mol. The number of hydrogen-bond donors (Lipinski definition) is 1. The molecule has 2 amide bonds. The Kier molecular flexibility index (Phi) is 3.30. The van der Waals surface area contributed by atoms with Crippen molar-refractivity contribution in [3.8, 4) is 0 Å². The Bertz CT molecular complexity index is 418. The number of nitrogens with zero attached hydrogens (tertiary/aromatic N) is 1. The number of hydrogen-bond acceptors (Lipinski definition) is 2. The van der Waals surface area contributed by atoms with Gasteiger partial charge in [-0.05, 0) is 56.8 Å². The summed E-state index contributed by atoms with van der Waals surface area (Å²) in [7, 11) is 0. The summed E-state index contributed by atoms with van der Waals surface area (Å²) >= 11 is 0. The highest BCUT2D eigenvalue weighted by molar-refractivity contribution is 5.97. The molecule has 4 heteroatoms. The van der Waals surface area contributed by atoms with Gasteiger partial charge >= 0.3 is 0 Å². The third kappa shape index (κ3) is 2.45. The average Bonchev–Trinajstić information content (AvgIpc) is 3.20. The zero-order valence-electron chi connectivity index (χ0n) is 12.8. The Morgan fingerprint density at radius 1 is 1.10 bits per heavy atom. The predicted molar refractivity (Wildman–Crippen MR) is 77.0 cm³/mol. The first-order valence-corrected chi connectivity index (χ1v) is 8.02. The Hall–Kier alpha value is -1.06. The van der Waals surface area contributed by atoms with E-state index in [0.29, 0.717) is 11.3 Å². The maximum absolute atomic E-state index is 12.7. The summed E-state index contributed by atoms with van der Waals surface area (Å²) in [6.07, 6.45) is 6.52. The van der Waals surface area contributed by atoms with Gasteiger partial charge in [0.15, 0.2) is 0 Å². The molecular weight excluding hydrogens is 252 g/mol. The van der Waals surface area contributed by atoms with Gasteiger partial charge in [0.05, 0.1) is 0 Å². The summed E-state index contributed by atoms with van der Waals surface area (Å²) < 4.78 is 0. The smallest absolute Gasteiger partial charge is 0.246 e. The van der Waals surface area contributed by atoms with Gasteiger partial charge < -0.3 is 10.2 Å². The third-order valence-electron chi connectivity index (χ3n) is 5.41. The fourth-order valence-electron chi connectivity index (χ4n) is 3.72. The Labute approximate surface area is 121 Å². The van der Waals surface area contributed by atoms with Crippen molar-refractivity contribution in [2.45, 2.75) is 77.4 Å². The number of carbonyl (C=O) groups is 2. The maximum atomic E-state index is 12.7. The Morgan fingerprint density at radius 3 is 2.25 bits per heavy atom. The largest absolute Gasteiger partial charge is 0.342 e. The van der Waals surface area contributed by atoms with E-state index in [1.165, 1.54) is 0 Å². The summed E-state index contributed by atoms with van der Waals surface area (Å²) in [5.74, 6) is 0.595. The van der Waals surface area contributed by atoms with E-state index in [4.69, 9.17) is 0 Å². The van der Waals surface area contributed by atoms with Crippen LogP contribution in [0.15, 0.2) is 0 Å². The van der Waals surface area contributed by atoms with Gasteiger partial charge in [0.2, 0.25) is 11.8 Å². The number of carbonyl (C=O) groups excluding carboxylic acids is 2. The van der Waals surface area contributed by atoms with Gasteiger partial charge in [-0.25, -0.2) is 0 Å². The van der Waals surface area contributed by atoms with E-state index in [0.717, 1.165) is 38.5 Å². The fraction of sp³-hybridized carbons (Fsp3) is 0.875. The van der Waals surface area contributed by atoms with Crippen LogP contribution < -0.4 is 5.32 Å². The molecule has 2 aliphatic carbocycles. The van der Waals surface area contributed by atoms with Crippen molar-refractivity contribution in [1.82, 2.24) is 10.2 Å². The molecule has 0 aromatic heterocycles. The van der Waals surface area contributed by atoms with Crippen molar-refractivity contribution >= 4 is 11.8 Å². The van der Waals surface area contributed by atoms with E-state index in [2.05, 4.69) is 19.2 Å². The molecule has 2 saturated carbocycles. The van der Waals surface area contributed by atoms with Crippen LogP contribution in [0, 0.1) is 11.3 Å². The van der Waals surface area contributed by atoms with Crippen LogP contribution in [0.1, 0.15) is 59.3 Å². The zero-order valence-corrected chi connectivity index (χ0v) is 12.8. The van der Waals surface area contributed by atoms with Crippen molar-refractivity contribution in [3.63, 3.8) is 0 Å². The van der Waals surface area contributed by atoms with Crippen LogP contribution in [-0.4, -0.2) is 34.8 Å². The molecule has 1 saturated heterocycles. The minimum absolute atomic E-state index is 0.0336. The van der Waals surface area contributed by atoms with Crippen LogP contribution in [0.25, 0.3) is 0 Å². The fourth-order valence-corrected chi connectivity index (χ4v) is 3.72. The van der Waals surface area contributed by atoms with E-state index in [-0.39, 0.29) is 29.9 Å². The molecule has 1 heterocycles. The molecule has 0 spiro atoms. The number of nitrogens with one attached hydrogen (secondary N) is 1. The average molecular weight is 278 g/mol. The molecule has 20 heavy (non-hydrogen) atoms. The van der Waals surface area contributed by atoms with E-state index < -0.39 is 0 Å². The Morgan fingerprint density at radius 2 is 1.70 bits per heavy atom. The minimum Gasteiger partial charge on any atom is -0.342 e. The first-order valence-electron chi connectivity index (χ1n) is 8.02. The lowest BCUT2D eigenvalue weighted by Gasteiger charge is -2.46. The van der Waals surface area contributed by atoms with Crippen LogP contribution in [-0.2, 0) is 9.59 Å². The normalized spacial score (nSPS) is 35.0. The molecule has 3 aliphatic rings. The molecule has 112 valence electrons. The first-order chi connectivity index (χ1) is 9.39. The van der Waals surface area contributed by atoms with Gasteiger partial charge in [0, 0.05) is 6.04 Å². The number of piperazine rings is 1. The molecule has 0 aromatic carbocycles. The summed E-state index contributed by atoms with van der Waals surface area (Å²) in [6.45, 7) is 6.46. The summed E-state index contributed by atoms with van der Waals surface area (Å²) in [5.41, 5.74) is 0.386. The number of rotatable bonds is 2. The van der Waals surface area contributed by atoms with Gasteiger partial charge in [-0.3, -0.25) is 9.59 Å². The van der Waals surface area contributed by atoms with Crippen molar-refractivity contribution in [2.24, 2.45) is 11.3 Å². The number of amides is 2. The topological polar surface area (TPSA) is 49.4 Å². The zero-order chi connectivity index (χ0) is 14.5. The van der Waals surface area contributed by atoms with Crippen LogP contribution in [0.3, 0.4) is 0 Å². The van der Waals surface area contributed by atoms with Gasteiger partial charge in [0.25, 0.3) is 0 Å². The first kappa shape index (κ1) is 13.9. The standard InChI is InChI=1S/C16H26N2O2/c1-10-14(19)17-13(11-4-5-11)15(20)18(10)12-6-8-16(2,3)9-7-12/h10-13H,4-9H2,1-3H3,(H,17,19). The summed E-state index contributed by atoms with van der Waals surface area (Å²) in [4.78, 5) is 26.8. The molecule has 1 N–H and O–H groups in total. The highest BCUT2D eigenvalue weighted by atomic mass is 16.2. The highest BCUT2D eigenvalue weighted by Crippen LogP contribution is 2.40. The molecule has 2 atom stereocenters. The van der Waals surface area contributed by atoms with E-state index in [1.54, 1.807) is 0 Å². The lowest BCUT2D eigenvalue weighted by Crippen LogP contribution is -2.65. The quantitative estimate of drug-likeness (QED) is 0.840. The van der Waals surface area contributed by atoms with Gasteiger partial charge in [0.1, 0.15) is 12.1 Å². The van der Waals surface area contributed by atoms with Crippen molar-refractivity contribution < 1.29 is 9.59 Å².